The van der Waals surface area contributed by atoms with Gasteiger partial charge in [0.05, 0.1) is 16.9 Å². The van der Waals surface area contributed by atoms with Gasteiger partial charge in [0, 0.05) is 0 Å². The van der Waals surface area contributed by atoms with Crippen molar-refractivity contribution in [2.24, 2.45) is 0 Å². The minimum atomic E-state index is -0.191. The number of nitrogens with one attached hydrogen (secondary N) is 1. The Morgan fingerprint density at radius 3 is 2.65 bits per heavy atom. The lowest BCUT2D eigenvalue weighted by Gasteiger charge is -2.14. The molecule has 1 amide bonds. The third-order valence-corrected chi connectivity index (χ3v) is 3.52. The van der Waals surface area contributed by atoms with Crippen molar-refractivity contribution in [3.8, 4) is 5.88 Å². The van der Waals surface area contributed by atoms with Gasteiger partial charge < -0.3 is 10.1 Å². The summed E-state index contributed by atoms with van der Waals surface area (Å²) in [5, 5.41) is 3.70. The zero-order valence-electron chi connectivity index (χ0n) is 12.8. The summed E-state index contributed by atoms with van der Waals surface area (Å²) in [5.74, 6) is 0.224. The molecule has 1 N–H and O–H groups in total. The zero-order chi connectivity index (χ0) is 16.1. The van der Waals surface area contributed by atoms with E-state index in [1.54, 1.807) is 0 Å². The van der Waals surface area contributed by atoms with Gasteiger partial charge in [0.2, 0.25) is 5.88 Å². The van der Waals surface area contributed by atoms with Crippen LogP contribution in [0.15, 0.2) is 60.9 Å². The molecule has 23 heavy (non-hydrogen) atoms. The monoisotopic (exact) mass is 307 g/mol. The van der Waals surface area contributed by atoms with Crippen LogP contribution < -0.4 is 10.1 Å². The van der Waals surface area contributed by atoms with Crippen LogP contribution in [-0.2, 0) is 4.79 Å². The Morgan fingerprint density at radius 1 is 1.09 bits per heavy atom. The number of benzene rings is 2. The number of hydrogen-bond acceptors (Lipinski definition) is 4. The number of para-hydroxylation sites is 1. The fourth-order valence-corrected chi connectivity index (χ4v) is 2.34. The molecule has 0 radical (unpaired) electrons. The van der Waals surface area contributed by atoms with Gasteiger partial charge in [-0.1, -0.05) is 42.5 Å². The van der Waals surface area contributed by atoms with Gasteiger partial charge in [-0.3, -0.25) is 4.79 Å². The number of ether oxygens (including phenoxy) is 1. The number of hydrogen-bond donors (Lipinski definition) is 1. The van der Waals surface area contributed by atoms with Crippen molar-refractivity contribution in [1.82, 2.24) is 15.3 Å². The van der Waals surface area contributed by atoms with Gasteiger partial charge in [-0.15, -0.1) is 0 Å². The highest BCUT2D eigenvalue weighted by atomic mass is 16.5. The highest BCUT2D eigenvalue weighted by Gasteiger charge is 2.11. The van der Waals surface area contributed by atoms with Crippen molar-refractivity contribution in [3.05, 3.63) is 66.5 Å². The summed E-state index contributed by atoms with van der Waals surface area (Å²) >= 11 is 0. The van der Waals surface area contributed by atoms with Gasteiger partial charge in [-0.25, -0.2) is 9.97 Å². The highest BCUT2D eigenvalue weighted by Crippen LogP contribution is 2.20. The van der Waals surface area contributed by atoms with Crippen LogP contribution in [0.2, 0.25) is 0 Å². The Bertz CT molecular complexity index is 800. The van der Waals surface area contributed by atoms with E-state index in [2.05, 4.69) is 15.3 Å². The van der Waals surface area contributed by atoms with E-state index in [4.69, 9.17) is 4.74 Å². The van der Waals surface area contributed by atoms with Crippen LogP contribution in [0.25, 0.3) is 10.9 Å². The smallest absolute Gasteiger partial charge is 0.258 e. The quantitative estimate of drug-likeness (QED) is 0.787. The summed E-state index contributed by atoms with van der Waals surface area (Å²) in [5.41, 5.74) is 1.84. The van der Waals surface area contributed by atoms with E-state index in [-0.39, 0.29) is 18.6 Å². The number of fused-ring (bicyclic) bond motifs is 1. The first kappa shape index (κ1) is 15.0. The molecule has 0 aliphatic heterocycles. The predicted octanol–water partition coefficient (Wildman–Crippen LogP) is 2.89. The summed E-state index contributed by atoms with van der Waals surface area (Å²) in [7, 11) is 0. The molecule has 1 atom stereocenters. The van der Waals surface area contributed by atoms with Crippen LogP contribution in [0.1, 0.15) is 18.5 Å². The molecule has 1 heterocycles. The number of rotatable bonds is 5. The van der Waals surface area contributed by atoms with Crippen molar-refractivity contribution in [3.63, 3.8) is 0 Å². The lowest BCUT2D eigenvalue weighted by Crippen LogP contribution is -2.31. The first-order valence-corrected chi connectivity index (χ1v) is 7.41. The van der Waals surface area contributed by atoms with Crippen LogP contribution in [0, 0.1) is 0 Å². The van der Waals surface area contributed by atoms with E-state index in [0.29, 0.717) is 5.88 Å². The summed E-state index contributed by atoms with van der Waals surface area (Å²) in [4.78, 5) is 20.3. The van der Waals surface area contributed by atoms with E-state index >= 15 is 0 Å². The molecule has 3 aromatic rings. The van der Waals surface area contributed by atoms with Crippen LogP contribution >= 0.6 is 0 Å². The number of amides is 1. The maximum absolute atomic E-state index is 12.1. The summed E-state index contributed by atoms with van der Waals surface area (Å²) in [6, 6.07) is 17.2. The van der Waals surface area contributed by atoms with Crippen molar-refractivity contribution in [2.75, 3.05) is 6.61 Å². The van der Waals surface area contributed by atoms with Gasteiger partial charge in [-0.2, -0.15) is 0 Å². The Balaban J connectivity index is 1.62. The molecule has 0 saturated carbocycles. The predicted molar refractivity (Wildman–Crippen MR) is 88.0 cm³/mol. The number of carbonyl (C=O) groups is 1. The Labute approximate surface area is 134 Å². The minimum Gasteiger partial charge on any atom is -0.467 e. The van der Waals surface area contributed by atoms with Crippen molar-refractivity contribution >= 4 is 16.8 Å². The average Bonchev–Trinajstić information content (AvgIpc) is 2.60. The van der Waals surface area contributed by atoms with E-state index in [9.17, 15) is 4.79 Å². The minimum absolute atomic E-state index is 0.0746. The number of carbonyl (C=O) groups excluding carboxylic acids is 1. The molecule has 5 heteroatoms. The normalized spacial score (nSPS) is 11.9. The molecule has 1 unspecified atom stereocenters. The van der Waals surface area contributed by atoms with Crippen LogP contribution in [0.3, 0.4) is 0 Å². The van der Waals surface area contributed by atoms with Gasteiger partial charge in [0.15, 0.2) is 6.61 Å². The van der Waals surface area contributed by atoms with E-state index in [0.717, 1.165) is 16.5 Å². The lowest BCUT2D eigenvalue weighted by molar-refractivity contribution is -0.123. The molecule has 116 valence electrons. The first-order valence-electron chi connectivity index (χ1n) is 7.41. The third-order valence-electron chi connectivity index (χ3n) is 3.52. The second-order valence-corrected chi connectivity index (χ2v) is 5.18. The largest absolute Gasteiger partial charge is 0.467 e. The maximum atomic E-state index is 12.1. The van der Waals surface area contributed by atoms with E-state index < -0.39 is 0 Å². The maximum Gasteiger partial charge on any atom is 0.258 e. The molecule has 3 rings (SSSR count). The fourth-order valence-electron chi connectivity index (χ4n) is 2.34. The van der Waals surface area contributed by atoms with Crippen LogP contribution in [0.5, 0.6) is 5.88 Å². The van der Waals surface area contributed by atoms with Crippen molar-refractivity contribution < 1.29 is 9.53 Å². The molecule has 5 nitrogen and oxygen atoms in total. The van der Waals surface area contributed by atoms with Gasteiger partial charge >= 0.3 is 0 Å². The Morgan fingerprint density at radius 2 is 1.83 bits per heavy atom. The van der Waals surface area contributed by atoms with Crippen molar-refractivity contribution in [2.45, 2.75) is 13.0 Å². The molecular formula is C18H17N3O2. The molecule has 1 aromatic heterocycles. The summed E-state index contributed by atoms with van der Waals surface area (Å²) in [6.07, 6.45) is 1.43. The molecule has 0 aliphatic rings. The average molecular weight is 307 g/mol. The van der Waals surface area contributed by atoms with Gasteiger partial charge in [-0.05, 0) is 24.6 Å². The molecule has 0 bridgehead atoms. The van der Waals surface area contributed by atoms with Gasteiger partial charge in [0.1, 0.15) is 6.33 Å². The van der Waals surface area contributed by atoms with Crippen LogP contribution in [-0.4, -0.2) is 22.5 Å². The fraction of sp³-hybridized carbons (Fsp3) is 0.167. The summed E-state index contributed by atoms with van der Waals surface area (Å²) in [6.45, 7) is 1.85. The second kappa shape index (κ2) is 6.87. The molecule has 0 aliphatic carbocycles. The molecule has 0 spiro atoms. The number of aromatic nitrogens is 2. The molecule has 2 aromatic carbocycles. The number of nitrogens with zero attached hydrogens (tertiary/aromatic N) is 2. The van der Waals surface area contributed by atoms with E-state index in [1.807, 2.05) is 61.5 Å². The summed E-state index contributed by atoms with van der Waals surface area (Å²) < 4.78 is 5.55. The molecule has 0 fully saturated rings. The van der Waals surface area contributed by atoms with E-state index in [1.165, 1.54) is 6.33 Å². The zero-order valence-corrected chi connectivity index (χ0v) is 12.8. The highest BCUT2D eigenvalue weighted by molar-refractivity contribution is 5.84. The third kappa shape index (κ3) is 3.63. The SMILES string of the molecule is CC(NC(=O)COc1ncnc2ccccc12)c1ccccc1. The lowest BCUT2D eigenvalue weighted by atomic mass is 10.1. The first-order chi connectivity index (χ1) is 11.2. The second-order valence-electron chi connectivity index (χ2n) is 5.18. The molecule has 0 saturated heterocycles. The van der Waals surface area contributed by atoms with Crippen molar-refractivity contribution in [1.29, 1.82) is 0 Å². The molecular weight excluding hydrogens is 290 g/mol. The topological polar surface area (TPSA) is 64.1 Å². The standard InChI is InChI=1S/C18H17N3O2/c1-13(14-7-3-2-4-8-14)21-17(22)11-23-18-15-9-5-6-10-16(15)19-12-20-18/h2-10,12-13H,11H2,1H3,(H,21,22). The van der Waals surface area contributed by atoms with Gasteiger partial charge in [0.25, 0.3) is 5.91 Å². The van der Waals surface area contributed by atoms with Crippen LogP contribution in [0.4, 0.5) is 0 Å². The Hall–Kier alpha value is -2.95. The Kier molecular flexibility index (Phi) is 4.47.